The fourth-order valence-electron chi connectivity index (χ4n) is 1.77. The summed E-state index contributed by atoms with van der Waals surface area (Å²) in [6, 6.07) is 5.87. The zero-order chi connectivity index (χ0) is 14.0. The molecule has 1 aromatic carbocycles. The molecule has 0 fully saturated rings. The number of hydrogen-bond acceptors (Lipinski definition) is 5. The van der Waals surface area contributed by atoms with E-state index in [1.165, 1.54) is 18.2 Å². The SMILES string of the molecule is CCc1c(O)nc(-c2ccccc2[N+](=O)[O-])[nH]c1=O. The van der Waals surface area contributed by atoms with Gasteiger partial charge in [0.25, 0.3) is 11.2 Å². The number of nitro benzene ring substituents is 1. The summed E-state index contributed by atoms with van der Waals surface area (Å²) in [6.45, 7) is 1.70. The smallest absolute Gasteiger partial charge is 0.280 e. The Morgan fingerprint density at radius 3 is 2.68 bits per heavy atom. The van der Waals surface area contributed by atoms with Gasteiger partial charge in [-0.3, -0.25) is 14.9 Å². The Balaban J connectivity index is 2.67. The molecule has 19 heavy (non-hydrogen) atoms. The molecule has 0 saturated carbocycles. The Hall–Kier alpha value is -2.70. The molecule has 0 spiro atoms. The second-order valence-corrected chi connectivity index (χ2v) is 3.84. The fraction of sp³-hybridized carbons (Fsp3) is 0.167. The molecular formula is C12H11N3O4. The lowest BCUT2D eigenvalue weighted by Crippen LogP contribution is -2.14. The van der Waals surface area contributed by atoms with Crippen molar-refractivity contribution in [3.05, 3.63) is 50.3 Å². The Morgan fingerprint density at radius 2 is 2.11 bits per heavy atom. The number of nitrogens with one attached hydrogen (secondary N) is 1. The van der Waals surface area contributed by atoms with Gasteiger partial charge in [-0.15, -0.1) is 0 Å². The van der Waals surface area contributed by atoms with E-state index in [1.54, 1.807) is 13.0 Å². The maximum absolute atomic E-state index is 11.7. The van der Waals surface area contributed by atoms with Crippen molar-refractivity contribution >= 4 is 5.69 Å². The van der Waals surface area contributed by atoms with Crippen LogP contribution >= 0.6 is 0 Å². The first-order valence-electron chi connectivity index (χ1n) is 5.60. The number of benzene rings is 1. The molecule has 0 aliphatic rings. The molecule has 98 valence electrons. The predicted molar refractivity (Wildman–Crippen MR) is 68.0 cm³/mol. The minimum atomic E-state index is -0.569. The van der Waals surface area contributed by atoms with Gasteiger partial charge in [0.1, 0.15) is 0 Å². The number of hydrogen-bond donors (Lipinski definition) is 2. The largest absolute Gasteiger partial charge is 0.493 e. The number of rotatable bonds is 3. The highest BCUT2D eigenvalue weighted by Crippen LogP contribution is 2.27. The van der Waals surface area contributed by atoms with E-state index in [9.17, 15) is 20.0 Å². The predicted octanol–water partition coefficient (Wildman–Crippen LogP) is 1.61. The van der Waals surface area contributed by atoms with Crippen LogP contribution in [0.5, 0.6) is 5.88 Å². The van der Waals surface area contributed by atoms with Crippen LogP contribution in [0.15, 0.2) is 29.1 Å². The van der Waals surface area contributed by atoms with Crippen LogP contribution in [0.3, 0.4) is 0 Å². The van der Waals surface area contributed by atoms with Crippen LogP contribution in [-0.4, -0.2) is 20.0 Å². The standard InChI is InChI=1S/C12H11N3O4/c1-2-7-11(16)13-10(14-12(7)17)8-5-3-4-6-9(8)15(18)19/h3-6H,2H2,1H3,(H2,13,14,16,17). The lowest BCUT2D eigenvalue weighted by Gasteiger charge is -2.05. The lowest BCUT2D eigenvalue weighted by molar-refractivity contribution is -0.384. The van der Waals surface area contributed by atoms with Crippen LogP contribution in [0, 0.1) is 10.1 Å². The van der Waals surface area contributed by atoms with Gasteiger partial charge in [-0.05, 0) is 12.5 Å². The van der Waals surface area contributed by atoms with Crippen molar-refractivity contribution in [3.63, 3.8) is 0 Å². The molecular weight excluding hydrogens is 250 g/mol. The Morgan fingerprint density at radius 1 is 1.42 bits per heavy atom. The summed E-state index contributed by atoms with van der Waals surface area (Å²) < 4.78 is 0. The normalized spacial score (nSPS) is 10.4. The summed E-state index contributed by atoms with van der Waals surface area (Å²) in [7, 11) is 0. The number of aromatic amines is 1. The summed E-state index contributed by atoms with van der Waals surface area (Å²) in [5, 5.41) is 20.6. The maximum Gasteiger partial charge on any atom is 0.280 e. The Bertz CT molecular complexity index is 694. The monoisotopic (exact) mass is 261 g/mol. The third kappa shape index (κ3) is 2.30. The molecule has 0 aliphatic carbocycles. The highest BCUT2D eigenvalue weighted by atomic mass is 16.6. The zero-order valence-corrected chi connectivity index (χ0v) is 10.1. The van der Waals surface area contributed by atoms with Crippen molar-refractivity contribution in [2.75, 3.05) is 0 Å². The van der Waals surface area contributed by atoms with Gasteiger partial charge < -0.3 is 10.1 Å². The number of H-pyrrole nitrogens is 1. The molecule has 0 radical (unpaired) electrons. The quantitative estimate of drug-likeness (QED) is 0.644. The van der Waals surface area contributed by atoms with E-state index < -0.39 is 16.4 Å². The molecule has 0 bridgehead atoms. The van der Waals surface area contributed by atoms with E-state index >= 15 is 0 Å². The third-order valence-corrected chi connectivity index (χ3v) is 2.70. The van der Waals surface area contributed by atoms with Gasteiger partial charge >= 0.3 is 0 Å². The van der Waals surface area contributed by atoms with Gasteiger partial charge in [-0.1, -0.05) is 19.1 Å². The van der Waals surface area contributed by atoms with Crippen LogP contribution in [0.25, 0.3) is 11.4 Å². The van der Waals surface area contributed by atoms with Gasteiger partial charge in [0.15, 0.2) is 5.82 Å². The number of aromatic hydroxyl groups is 1. The molecule has 7 heteroatoms. The van der Waals surface area contributed by atoms with Crippen molar-refractivity contribution in [2.45, 2.75) is 13.3 Å². The lowest BCUT2D eigenvalue weighted by atomic mass is 10.1. The molecule has 7 nitrogen and oxygen atoms in total. The second kappa shape index (κ2) is 4.89. The molecule has 0 unspecified atom stereocenters. The van der Waals surface area contributed by atoms with Crippen molar-refractivity contribution in [1.29, 1.82) is 0 Å². The molecule has 2 N–H and O–H groups in total. The zero-order valence-electron chi connectivity index (χ0n) is 10.1. The van der Waals surface area contributed by atoms with E-state index in [4.69, 9.17) is 0 Å². The molecule has 0 amide bonds. The van der Waals surface area contributed by atoms with Gasteiger partial charge in [0, 0.05) is 6.07 Å². The average Bonchev–Trinajstić information content (AvgIpc) is 2.38. The molecule has 1 aromatic heterocycles. The van der Waals surface area contributed by atoms with Crippen molar-refractivity contribution < 1.29 is 10.0 Å². The fourth-order valence-corrected chi connectivity index (χ4v) is 1.77. The van der Waals surface area contributed by atoms with E-state index in [-0.39, 0.29) is 22.6 Å². The van der Waals surface area contributed by atoms with Crippen molar-refractivity contribution in [1.82, 2.24) is 9.97 Å². The summed E-state index contributed by atoms with van der Waals surface area (Å²) in [6.07, 6.45) is 0.325. The first-order chi connectivity index (χ1) is 9.04. The van der Waals surface area contributed by atoms with E-state index in [0.717, 1.165) is 0 Å². The summed E-state index contributed by atoms with van der Waals surface area (Å²) in [5.74, 6) is -0.425. The van der Waals surface area contributed by atoms with Crippen LogP contribution in [0.4, 0.5) is 5.69 Å². The van der Waals surface area contributed by atoms with Crippen molar-refractivity contribution in [3.8, 4) is 17.3 Å². The van der Waals surface area contributed by atoms with E-state index in [1.807, 2.05) is 0 Å². The number of nitrogens with zero attached hydrogens (tertiary/aromatic N) is 2. The van der Waals surface area contributed by atoms with Crippen LogP contribution < -0.4 is 5.56 Å². The number of aromatic nitrogens is 2. The topological polar surface area (TPSA) is 109 Å². The third-order valence-electron chi connectivity index (χ3n) is 2.70. The van der Waals surface area contributed by atoms with Crippen LogP contribution in [-0.2, 0) is 6.42 Å². The van der Waals surface area contributed by atoms with Crippen LogP contribution in [0.1, 0.15) is 12.5 Å². The molecule has 1 heterocycles. The molecule has 0 aliphatic heterocycles. The van der Waals surface area contributed by atoms with Gasteiger partial charge in [0.05, 0.1) is 16.1 Å². The second-order valence-electron chi connectivity index (χ2n) is 3.84. The molecule has 2 rings (SSSR count). The summed E-state index contributed by atoms with van der Waals surface area (Å²) in [5.41, 5.74) is -0.373. The first-order valence-corrected chi connectivity index (χ1v) is 5.60. The van der Waals surface area contributed by atoms with E-state index in [2.05, 4.69) is 9.97 Å². The van der Waals surface area contributed by atoms with Crippen molar-refractivity contribution in [2.24, 2.45) is 0 Å². The average molecular weight is 261 g/mol. The minimum Gasteiger partial charge on any atom is -0.493 e. The highest BCUT2D eigenvalue weighted by Gasteiger charge is 2.18. The van der Waals surface area contributed by atoms with E-state index in [0.29, 0.717) is 6.42 Å². The first kappa shape index (κ1) is 12.7. The maximum atomic E-state index is 11.7. The van der Waals surface area contributed by atoms with Gasteiger partial charge in [0.2, 0.25) is 5.88 Å². The molecule has 0 atom stereocenters. The highest BCUT2D eigenvalue weighted by molar-refractivity contribution is 5.67. The number of nitro groups is 1. The van der Waals surface area contributed by atoms with Gasteiger partial charge in [-0.25, -0.2) is 0 Å². The van der Waals surface area contributed by atoms with Gasteiger partial charge in [-0.2, -0.15) is 4.98 Å². The summed E-state index contributed by atoms with van der Waals surface area (Å²) >= 11 is 0. The molecule has 0 saturated heterocycles. The number of para-hydroxylation sites is 1. The summed E-state index contributed by atoms with van der Waals surface area (Å²) in [4.78, 5) is 28.3. The molecule has 2 aromatic rings. The Kier molecular flexibility index (Phi) is 3.28. The van der Waals surface area contributed by atoms with Crippen LogP contribution in [0.2, 0.25) is 0 Å². The Labute approximate surface area is 107 Å². The minimum absolute atomic E-state index is 0.0213.